The zero-order valence-electron chi connectivity index (χ0n) is 15.3. The van der Waals surface area contributed by atoms with Crippen molar-refractivity contribution in [2.45, 2.75) is 25.6 Å². The predicted octanol–water partition coefficient (Wildman–Crippen LogP) is 5.22. The number of aromatic nitrogens is 2. The Labute approximate surface area is 173 Å². The van der Waals surface area contributed by atoms with Crippen LogP contribution in [0.3, 0.4) is 0 Å². The van der Waals surface area contributed by atoms with E-state index in [1.807, 2.05) is 20.0 Å². The maximum atomic E-state index is 13.3. The van der Waals surface area contributed by atoms with Gasteiger partial charge in [0.25, 0.3) is 0 Å². The third-order valence-corrected chi connectivity index (χ3v) is 6.20. The van der Waals surface area contributed by atoms with Gasteiger partial charge in [-0.25, -0.2) is 0 Å². The van der Waals surface area contributed by atoms with E-state index in [0.29, 0.717) is 0 Å². The first-order chi connectivity index (χ1) is 13.2. The molecule has 9 heteroatoms. The Kier molecular flexibility index (Phi) is 6.16. The third-order valence-electron chi connectivity index (χ3n) is 4.45. The van der Waals surface area contributed by atoms with E-state index < -0.39 is 11.7 Å². The number of aryl methyl sites for hydroxylation is 2. The molecule has 0 fully saturated rings. The molecule has 0 unspecified atom stereocenters. The highest BCUT2D eigenvalue weighted by atomic mass is 79.9. The number of thiophene rings is 1. The molecule has 4 nitrogen and oxygen atoms in total. The zero-order chi connectivity index (χ0) is 20.5. The van der Waals surface area contributed by atoms with Crippen molar-refractivity contribution in [1.29, 1.82) is 0 Å². The maximum Gasteiger partial charge on any atom is 0.416 e. The fourth-order valence-electron chi connectivity index (χ4n) is 3.09. The summed E-state index contributed by atoms with van der Waals surface area (Å²) < 4.78 is 42.4. The number of hydrogen-bond acceptors (Lipinski definition) is 4. The van der Waals surface area contributed by atoms with Crippen LogP contribution in [0.2, 0.25) is 0 Å². The number of rotatable bonds is 6. The fraction of sp³-hybridized carbons (Fsp3) is 0.316. The largest absolute Gasteiger partial charge is 0.416 e. The summed E-state index contributed by atoms with van der Waals surface area (Å²) in [7, 11) is 1.86. The smallest absolute Gasteiger partial charge is 0.373 e. The quantitative estimate of drug-likeness (QED) is 0.516. The highest BCUT2D eigenvalue weighted by Gasteiger charge is 2.33. The molecule has 0 aliphatic carbocycles. The van der Waals surface area contributed by atoms with Gasteiger partial charge in [-0.15, -0.1) is 11.3 Å². The molecule has 3 rings (SSSR count). The minimum atomic E-state index is -4.38. The van der Waals surface area contributed by atoms with Gasteiger partial charge in [-0.3, -0.25) is 4.68 Å². The number of alkyl halides is 3. The topological polar surface area (TPSA) is 55.9 Å². The molecule has 1 aromatic carbocycles. The average molecular weight is 473 g/mol. The van der Waals surface area contributed by atoms with E-state index in [9.17, 15) is 13.2 Å². The number of anilines is 1. The van der Waals surface area contributed by atoms with Crippen molar-refractivity contribution < 1.29 is 13.2 Å². The minimum Gasteiger partial charge on any atom is -0.373 e. The summed E-state index contributed by atoms with van der Waals surface area (Å²) in [6.45, 7) is 2.21. The molecule has 3 aromatic rings. The van der Waals surface area contributed by atoms with Crippen LogP contribution in [0.25, 0.3) is 10.6 Å². The molecule has 0 aliphatic heterocycles. The van der Waals surface area contributed by atoms with E-state index in [-0.39, 0.29) is 24.6 Å². The lowest BCUT2D eigenvalue weighted by molar-refractivity contribution is -0.138. The zero-order valence-corrected chi connectivity index (χ0v) is 17.8. The molecule has 150 valence electrons. The van der Waals surface area contributed by atoms with Crippen molar-refractivity contribution in [2.75, 3.05) is 11.9 Å². The molecule has 2 heterocycles. The fourth-order valence-corrected chi connectivity index (χ4v) is 5.01. The molecule has 0 saturated heterocycles. The van der Waals surface area contributed by atoms with Crippen LogP contribution >= 0.6 is 27.3 Å². The summed E-state index contributed by atoms with van der Waals surface area (Å²) in [5, 5.41) is 8.40. The second kappa shape index (κ2) is 8.26. The van der Waals surface area contributed by atoms with Gasteiger partial charge < -0.3 is 11.1 Å². The summed E-state index contributed by atoms with van der Waals surface area (Å²) in [6.07, 6.45) is -2.46. The standard InChI is InChI=1S/C19H20BrF3N4S/c1-11-7-16(28-18(11)17-15(20)10-25-27(17)2)26-13(9-24)8-12-5-3-4-6-14(12)19(21,22)23/h3-7,10,13,26H,8-9,24H2,1-2H3/t13-/m0/s1. The van der Waals surface area contributed by atoms with Crippen molar-refractivity contribution in [1.82, 2.24) is 9.78 Å². The Morgan fingerprint density at radius 1 is 1.32 bits per heavy atom. The van der Waals surface area contributed by atoms with Crippen LogP contribution < -0.4 is 11.1 Å². The monoisotopic (exact) mass is 472 g/mol. The first kappa shape index (κ1) is 20.9. The van der Waals surface area contributed by atoms with E-state index in [0.717, 1.165) is 31.7 Å². The van der Waals surface area contributed by atoms with E-state index in [1.54, 1.807) is 16.9 Å². The molecule has 2 aromatic heterocycles. The van der Waals surface area contributed by atoms with Crippen LogP contribution in [0.1, 0.15) is 16.7 Å². The van der Waals surface area contributed by atoms with E-state index in [4.69, 9.17) is 5.73 Å². The molecular weight excluding hydrogens is 453 g/mol. The van der Waals surface area contributed by atoms with Crippen LogP contribution in [0, 0.1) is 6.92 Å². The normalized spacial score (nSPS) is 13.0. The van der Waals surface area contributed by atoms with Crippen LogP contribution in [0.5, 0.6) is 0 Å². The summed E-state index contributed by atoms with van der Waals surface area (Å²) in [5.74, 6) is 0. The molecule has 0 radical (unpaired) electrons. The van der Waals surface area contributed by atoms with Gasteiger partial charge in [-0.2, -0.15) is 18.3 Å². The van der Waals surface area contributed by atoms with E-state index in [1.165, 1.54) is 23.5 Å². The van der Waals surface area contributed by atoms with Gasteiger partial charge >= 0.3 is 6.18 Å². The van der Waals surface area contributed by atoms with Gasteiger partial charge in [-0.1, -0.05) is 18.2 Å². The lowest BCUT2D eigenvalue weighted by Crippen LogP contribution is -2.31. The molecule has 28 heavy (non-hydrogen) atoms. The lowest BCUT2D eigenvalue weighted by atomic mass is 10.00. The molecule has 0 saturated carbocycles. The number of benzene rings is 1. The first-order valence-electron chi connectivity index (χ1n) is 8.60. The maximum absolute atomic E-state index is 13.3. The van der Waals surface area contributed by atoms with Gasteiger partial charge in [0.05, 0.1) is 31.8 Å². The second-order valence-electron chi connectivity index (χ2n) is 6.52. The highest BCUT2D eigenvalue weighted by Crippen LogP contribution is 2.39. The molecule has 0 amide bonds. The minimum absolute atomic E-state index is 0.188. The Balaban J connectivity index is 1.83. The van der Waals surface area contributed by atoms with Crippen LogP contribution in [-0.2, 0) is 19.6 Å². The van der Waals surface area contributed by atoms with Gasteiger partial charge in [0.2, 0.25) is 0 Å². The Bertz CT molecular complexity index is 945. The van der Waals surface area contributed by atoms with Gasteiger partial charge in [0, 0.05) is 19.6 Å². The summed E-state index contributed by atoms with van der Waals surface area (Å²) in [5.41, 5.74) is 7.50. The summed E-state index contributed by atoms with van der Waals surface area (Å²) in [6, 6.07) is 7.30. The summed E-state index contributed by atoms with van der Waals surface area (Å²) in [4.78, 5) is 1.04. The molecular formula is C19H20BrF3N4S. The lowest BCUT2D eigenvalue weighted by Gasteiger charge is -2.20. The number of nitrogens with two attached hydrogens (primary N) is 1. The Morgan fingerprint density at radius 3 is 2.64 bits per heavy atom. The highest BCUT2D eigenvalue weighted by molar-refractivity contribution is 9.10. The first-order valence-corrected chi connectivity index (χ1v) is 10.2. The van der Waals surface area contributed by atoms with Crippen LogP contribution in [-0.4, -0.2) is 22.4 Å². The van der Waals surface area contributed by atoms with Crippen molar-refractivity contribution >= 4 is 32.3 Å². The molecule has 1 atom stereocenters. The van der Waals surface area contributed by atoms with Crippen molar-refractivity contribution in [3.05, 3.63) is 57.7 Å². The van der Waals surface area contributed by atoms with E-state index in [2.05, 4.69) is 26.3 Å². The van der Waals surface area contributed by atoms with Crippen molar-refractivity contribution in [3.8, 4) is 10.6 Å². The number of nitrogens with one attached hydrogen (secondary N) is 1. The van der Waals surface area contributed by atoms with Crippen LogP contribution in [0.4, 0.5) is 18.2 Å². The third kappa shape index (κ3) is 4.42. The molecule has 3 N–H and O–H groups in total. The SMILES string of the molecule is Cc1cc(N[C@H](CN)Cc2ccccc2C(F)(F)F)sc1-c1c(Br)cnn1C. The van der Waals surface area contributed by atoms with Crippen LogP contribution in [0.15, 0.2) is 41.0 Å². The predicted molar refractivity (Wildman–Crippen MR) is 111 cm³/mol. The van der Waals surface area contributed by atoms with Gasteiger partial charge in [0.1, 0.15) is 0 Å². The molecule has 0 spiro atoms. The number of halogens is 4. The second-order valence-corrected chi connectivity index (χ2v) is 8.43. The average Bonchev–Trinajstić information content (AvgIpc) is 3.15. The summed E-state index contributed by atoms with van der Waals surface area (Å²) >= 11 is 5.04. The van der Waals surface area contributed by atoms with Crippen molar-refractivity contribution in [2.24, 2.45) is 12.8 Å². The Morgan fingerprint density at radius 2 is 2.04 bits per heavy atom. The number of nitrogens with zero attached hydrogens (tertiary/aromatic N) is 2. The van der Waals surface area contributed by atoms with Gasteiger partial charge in [0.15, 0.2) is 0 Å². The Hall–Kier alpha value is -1.84. The van der Waals surface area contributed by atoms with Crippen molar-refractivity contribution in [3.63, 3.8) is 0 Å². The molecule has 0 bridgehead atoms. The van der Waals surface area contributed by atoms with Gasteiger partial charge in [-0.05, 0) is 52.5 Å². The molecule has 0 aliphatic rings. The van der Waals surface area contributed by atoms with E-state index >= 15 is 0 Å². The number of hydrogen-bond donors (Lipinski definition) is 2.